The first-order valence-electron chi connectivity index (χ1n) is 7.81. The predicted octanol–water partition coefficient (Wildman–Crippen LogP) is 2.43. The van der Waals surface area contributed by atoms with Crippen LogP contribution in [0.25, 0.3) is 0 Å². The van der Waals surface area contributed by atoms with Gasteiger partial charge in [-0.15, -0.1) is 0 Å². The molecule has 0 radical (unpaired) electrons. The van der Waals surface area contributed by atoms with E-state index in [1.807, 2.05) is 45.0 Å². The number of rotatable bonds is 4. The number of hydrogen-bond acceptors (Lipinski definition) is 3. The van der Waals surface area contributed by atoms with Crippen LogP contribution in [0.15, 0.2) is 24.3 Å². The molecule has 5 nitrogen and oxygen atoms in total. The van der Waals surface area contributed by atoms with Crippen LogP contribution in [0.2, 0.25) is 0 Å². The molecule has 0 saturated carbocycles. The summed E-state index contributed by atoms with van der Waals surface area (Å²) in [7, 11) is 0. The molecule has 120 valence electrons. The molecule has 0 aliphatic carbocycles. The third-order valence-corrected chi connectivity index (χ3v) is 3.92. The van der Waals surface area contributed by atoms with Crippen LogP contribution in [-0.2, 0) is 14.3 Å². The van der Waals surface area contributed by atoms with E-state index in [0.717, 1.165) is 25.0 Å². The van der Waals surface area contributed by atoms with Crippen LogP contribution in [0.4, 0.5) is 5.69 Å². The smallest absolute Gasteiger partial charge is 0.313 e. The monoisotopic (exact) mass is 304 g/mol. The van der Waals surface area contributed by atoms with Gasteiger partial charge in [0.15, 0.2) is 0 Å². The van der Waals surface area contributed by atoms with Crippen LogP contribution in [0.5, 0.6) is 0 Å². The lowest BCUT2D eigenvalue weighted by atomic mass is 10.0. The van der Waals surface area contributed by atoms with Crippen molar-refractivity contribution in [3.63, 3.8) is 0 Å². The molecule has 1 aliphatic rings. The number of amides is 2. The largest absolute Gasteiger partial charge is 0.376 e. The molecule has 1 aromatic rings. The van der Waals surface area contributed by atoms with Gasteiger partial charge in [-0.2, -0.15) is 0 Å². The Morgan fingerprint density at radius 2 is 1.91 bits per heavy atom. The third kappa shape index (κ3) is 4.07. The molecular formula is C17H24N2O3. The number of hydrogen-bond donors (Lipinski definition) is 2. The molecule has 2 atom stereocenters. The molecule has 0 aromatic heterocycles. The lowest BCUT2D eigenvalue weighted by molar-refractivity contribution is -0.137. The molecule has 5 heteroatoms. The van der Waals surface area contributed by atoms with E-state index in [1.54, 1.807) is 0 Å². The fraction of sp³-hybridized carbons (Fsp3) is 0.529. The van der Waals surface area contributed by atoms with Crippen molar-refractivity contribution in [1.29, 1.82) is 0 Å². The molecular weight excluding hydrogens is 280 g/mol. The fourth-order valence-electron chi connectivity index (χ4n) is 2.66. The maximum absolute atomic E-state index is 12.1. The van der Waals surface area contributed by atoms with Crippen molar-refractivity contribution in [1.82, 2.24) is 5.32 Å². The van der Waals surface area contributed by atoms with Crippen molar-refractivity contribution in [2.75, 3.05) is 11.9 Å². The standard InChI is InChI=1S/C17H24N2O3/c1-11(2)13-7-4-5-8-14(13)19-17(21)16(20)18-12(3)15-9-6-10-22-15/h4-5,7-8,11-12,15H,6,9-10H2,1-3H3,(H,18,20)(H,19,21). The first-order valence-corrected chi connectivity index (χ1v) is 7.81. The van der Waals surface area contributed by atoms with Gasteiger partial charge in [0.05, 0.1) is 12.1 Å². The minimum absolute atomic E-state index is 0.000278. The molecule has 1 heterocycles. The molecule has 22 heavy (non-hydrogen) atoms. The Kier molecular flexibility index (Phi) is 5.55. The van der Waals surface area contributed by atoms with Crippen LogP contribution in [0, 0.1) is 0 Å². The molecule has 1 aromatic carbocycles. The van der Waals surface area contributed by atoms with E-state index >= 15 is 0 Å². The molecule has 0 bridgehead atoms. The summed E-state index contributed by atoms with van der Waals surface area (Å²) in [4.78, 5) is 24.1. The number of carbonyl (C=O) groups is 2. The van der Waals surface area contributed by atoms with E-state index in [9.17, 15) is 9.59 Å². The zero-order chi connectivity index (χ0) is 16.1. The number of nitrogens with one attached hydrogen (secondary N) is 2. The van der Waals surface area contributed by atoms with Gasteiger partial charge in [0.2, 0.25) is 0 Å². The first kappa shape index (κ1) is 16.5. The van der Waals surface area contributed by atoms with Crippen LogP contribution in [-0.4, -0.2) is 30.6 Å². The topological polar surface area (TPSA) is 67.4 Å². The van der Waals surface area contributed by atoms with E-state index in [1.165, 1.54) is 0 Å². The van der Waals surface area contributed by atoms with Crippen molar-refractivity contribution in [2.45, 2.75) is 51.7 Å². The lowest BCUT2D eigenvalue weighted by Gasteiger charge is -2.20. The molecule has 2 unspecified atom stereocenters. The number of benzene rings is 1. The van der Waals surface area contributed by atoms with Crippen molar-refractivity contribution in [3.05, 3.63) is 29.8 Å². The summed E-state index contributed by atoms with van der Waals surface area (Å²) in [5.41, 5.74) is 1.69. The maximum Gasteiger partial charge on any atom is 0.313 e. The van der Waals surface area contributed by atoms with Gasteiger partial charge in [-0.05, 0) is 37.3 Å². The number of para-hydroxylation sites is 1. The van der Waals surface area contributed by atoms with E-state index in [0.29, 0.717) is 5.69 Å². The summed E-state index contributed by atoms with van der Waals surface area (Å²) in [6.45, 7) is 6.68. The van der Waals surface area contributed by atoms with E-state index < -0.39 is 11.8 Å². The summed E-state index contributed by atoms with van der Waals surface area (Å²) in [5, 5.41) is 5.41. The second-order valence-electron chi connectivity index (χ2n) is 6.01. The molecule has 0 spiro atoms. The van der Waals surface area contributed by atoms with Crippen molar-refractivity contribution in [3.8, 4) is 0 Å². The Labute approximate surface area is 131 Å². The Morgan fingerprint density at radius 3 is 2.55 bits per heavy atom. The third-order valence-electron chi connectivity index (χ3n) is 3.92. The zero-order valence-corrected chi connectivity index (χ0v) is 13.4. The number of ether oxygens (including phenoxy) is 1. The van der Waals surface area contributed by atoms with Crippen LogP contribution >= 0.6 is 0 Å². The first-order chi connectivity index (χ1) is 10.5. The Balaban J connectivity index is 1.95. The van der Waals surface area contributed by atoms with Crippen LogP contribution in [0.1, 0.15) is 45.1 Å². The SMILES string of the molecule is CC(C)c1ccccc1NC(=O)C(=O)NC(C)C1CCCO1. The van der Waals surface area contributed by atoms with Crippen LogP contribution < -0.4 is 10.6 Å². The zero-order valence-electron chi connectivity index (χ0n) is 13.4. The van der Waals surface area contributed by atoms with Gasteiger partial charge in [0, 0.05) is 12.3 Å². The summed E-state index contributed by atoms with van der Waals surface area (Å²) in [6, 6.07) is 7.36. The molecule has 2 amide bonds. The number of anilines is 1. The molecule has 1 fully saturated rings. The average Bonchev–Trinajstić information content (AvgIpc) is 3.01. The van der Waals surface area contributed by atoms with Crippen molar-refractivity contribution < 1.29 is 14.3 Å². The molecule has 1 saturated heterocycles. The second-order valence-corrected chi connectivity index (χ2v) is 6.01. The molecule has 2 rings (SSSR count). The van der Waals surface area contributed by atoms with Crippen molar-refractivity contribution in [2.24, 2.45) is 0 Å². The Hall–Kier alpha value is -1.88. The highest BCUT2D eigenvalue weighted by Crippen LogP contribution is 2.23. The normalized spacial score (nSPS) is 19.0. The van der Waals surface area contributed by atoms with E-state index in [2.05, 4.69) is 10.6 Å². The highest BCUT2D eigenvalue weighted by molar-refractivity contribution is 6.39. The van der Waals surface area contributed by atoms with E-state index in [-0.39, 0.29) is 18.1 Å². The lowest BCUT2D eigenvalue weighted by Crippen LogP contribution is -2.45. The maximum atomic E-state index is 12.1. The molecule has 2 N–H and O–H groups in total. The fourth-order valence-corrected chi connectivity index (χ4v) is 2.66. The Morgan fingerprint density at radius 1 is 1.18 bits per heavy atom. The Bertz CT molecular complexity index is 536. The highest BCUT2D eigenvalue weighted by atomic mass is 16.5. The highest BCUT2D eigenvalue weighted by Gasteiger charge is 2.26. The van der Waals surface area contributed by atoms with E-state index in [4.69, 9.17) is 4.74 Å². The summed E-state index contributed by atoms with van der Waals surface area (Å²) >= 11 is 0. The minimum atomic E-state index is -0.641. The summed E-state index contributed by atoms with van der Waals surface area (Å²) < 4.78 is 5.52. The quantitative estimate of drug-likeness (QED) is 0.840. The predicted molar refractivity (Wildman–Crippen MR) is 85.7 cm³/mol. The van der Waals surface area contributed by atoms with Gasteiger partial charge in [-0.25, -0.2) is 0 Å². The van der Waals surface area contributed by atoms with Gasteiger partial charge in [0.25, 0.3) is 0 Å². The van der Waals surface area contributed by atoms with Gasteiger partial charge >= 0.3 is 11.8 Å². The van der Waals surface area contributed by atoms with Crippen LogP contribution in [0.3, 0.4) is 0 Å². The second kappa shape index (κ2) is 7.40. The minimum Gasteiger partial charge on any atom is -0.376 e. The van der Waals surface area contributed by atoms with Crippen molar-refractivity contribution >= 4 is 17.5 Å². The summed E-state index contributed by atoms with van der Waals surface area (Å²) in [6.07, 6.45) is 1.91. The van der Waals surface area contributed by atoms with Gasteiger partial charge in [0.1, 0.15) is 0 Å². The molecule has 1 aliphatic heterocycles. The summed E-state index contributed by atoms with van der Waals surface area (Å²) in [5.74, 6) is -0.995. The average molecular weight is 304 g/mol. The van der Waals surface area contributed by atoms with Gasteiger partial charge < -0.3 is 15.4 Å². The van der Waals surface area contributed by atoms with Gasteiger partial charge in [-0.3, -0.25) is 9.59 Å². The number of carbonyl (C=O) groups excluding carboxylic acids is 2. The van der Waals surface area contributed by atoms with Gasteiger partial charge in [-0.1, -0.05) is 32.0 Å².